The van der Waals surface area contributed by atoms with Gasteiger partial charge in [-0.3, -0.25) is 14.2 Å². The van der Waals surface area contributed by atoms with Crippen LogP contribution in [0.5, 0.6) is 5.75 Å². The number of hydrogen-bond acceptors (Lipinski definition) is 6. The maximum atomic E-state index is 14.3. The van der Waals surface area contributed by atoms with E-state index in [9.17, 15) is 28.0 Å². The lowest BCUT2D eigenvalue weighted by atomic mass is 9.76. The molecule has 4 aromatic carbocycles. The van der Waals surface area contributed by atoms with Crippen LogP contribution in [-0.2, 0) is 55.3 Å². The monoisotopic (exact) mass is 610 g/mol. The fourth-order valence-corrected chi connectivity index (χ4v) is 4.94. The van der Waals surface area contributed by atoms with E-state index in [0.717, 1.165) is 12.1 Å². The zero-order chi connectivity index (χ0) is 31.1. The summed E-state index contributed by atoms with van der Waals surface area (Å²) in [5, 5.41) is 9.78. The molecule has 224 valence electrons. The minimum atomic E-state index is -5.81. The Morgan fingerprint density at radius 1 is 0.628 bits per heavy atom. The Morgan fingerprint density at radius 2 is 1.02 bits per heavy atom. The molecule has 8 nitrogen and oxygen atoms in total. The van der Waals surface area contributed by atoms with Crippen LogP contribution in [0.4, 0.5) is 8.78 Å². The van der Waals surface area contributed by atoms with Gasteiger partial charge in [0.15, 0.2) is 5.41 Å². The fourth-order valence-electron chi connectivity index (χ4n) is 4.46. The first-order valence-corrected chi connectivity index (χ1v) is 14.7. The summed E-state index contributed by atoms with van der Waals surface area (Å²) in [7, 11) is -5.81. The van der Waals surface area contributed by atoms with Crippen molar-refractivity contribution in [1.29, 1.82) is 0 Å². The van der Waals surface area contributed by atoms with Crippen molar-refractivity contribution in [2.75, 3.05) is 0 Å². The summed E-state index contributed by atoms with van der Waals surface area (Å²) >= 11 is 0. The van der Waals surface area contributed by atoms with Crippen LogP contribution < -0.4 is 0 Å². The molecule has 0 spiro atoms. The molecule has 0 saturated heterocycles. The van der Waals surface area contributed by atoms with E-state index in [1.54, 1.807) is 60.7 Å². The van der Waals surface area contributed by atoms with E-state index in [1.807, 2.05) is 0 Å². The lowest BCUT2D eigenvalue weighted by Crippen LogP contribution is -2.45. The van der Waals surface area contributed by atoms with Gasteiger partial charge in [0.2, 0.25) is 0 Å². The molecule has 3 N–H and O–H groups in total. The van der Waals surface area contributed by atoms with Crippen molar-refractivity contribution in [3.05, 3.63) is 137 Å². The molecule has 0 aliphatic heterocycles. The number of hydrogen-bond donors (Lipinski definition) is 3. The molecule has 4 rings (SSSR count). The van der Waals surface area contributed by atoms with Gasteiger partial charge in [0.25, 0.3) is 0 Å². The second-order valence-electron chi connectivity index (χ2n) is 10.0. The maximum absolute atomic E-state index is 14.3. The molecule has 0 bridgehead atoms. The predicted molar refractivity (Wildman–Crippen MR) is 153 cm³/mol. The topological polar surface area (TPSA) is 130 Å². The van der Waals surface area contributed by atoms with Gasteiger partial charge < -0.3 is 24.4 Å². The number of halogens is 2. The predicted octanol–water partition coefficient (Wildman–Crippen LogP) is 5.88. The molecule has 0 unspecified atom stereocenters. The highest BCUT2D eigenvalue weighted by atomic mass is 31.2. The fraction of sp³-hybridized carbons (Fsp3) is 0.188. The van der Waals surface area contributed by atoms with Gasteiger partial charge in [-0.05, 0) is 47.2 Å². The number of rotatable bonds is 12. The largest absolute Gasteiger partial charge is 0.508 e. The summed E-state index contributed by atoms with van der Waals surface area (Å²) in [5.74, 6) is -1.88. The van der Waals surface area contributed by atoms with Crippen molar-refractivity contribution in [3.63, 3.8) is 0 Å². The first-order valence-electron chi connectivity index (χ1n) is 13.1. The highest BCUT2D eigenvalue weighted by Gasteiger charge is 2.51. The van der Waals surface area contributed by atoms with Crippen LogP contribution in [0.1, 0.15) is 27.8 Å². The molecule has 0 aromatic heterocycles. The van der Waals surface area contributed by atoms with Crippen LogP contribution in [0.15, 0.2) is 109 Å². The lowest BCUT2D eigenvalue weighted by Gasteiger charge is -2.30. The summed E-state index contributed by atoms with van der Waals surface area (Å²) < 4.78 is 51.2. The minimum Gasteiger partial charge on any atom is -0.508 e. The Bertz CT molecular complexity index is 1520. The van der Waals surface area contributed by atoms with Crippen LogP contribution in [0, 0.1) is 5.41 Å². The Balaban J connectivity index is 1.73. The zero-order valence-corrected chi connectivity index (χ0v) is 23.7. The van der Waals surface area contributed by atoms with Crippen LogP contribution in [0.2, 0.25) is 0 Å². The smallest absolute Gasteiger partial charge is 0.399 e. The summed E-state index contributed by atoms with van der Waals surface area (Å²) in [4.78, 5) is 46.1. The van der Waals surface area contributed by atoms with Crippen LogP contribution in [-0.4, -0.2) is 26.8 Å². The van der Waals surface area contributed by atoms with Gasteiger partial charge in [-0.25, -0.2) is 0 Å². The third-order valence-corrected chi connectivity index (χ3v) is 7.81. The SMILES string of the molecule is O=C(OCc1ccccc1)C(Cc1ccc(O)cc1)(Cc1ccc(C(F)(F)P(=O)(O)O)cc1)C(=O)OCc1ccccc1. The van der Waals surface area contributed by atoms with E-state index in [-0.39, 0.29) is 37.4 Å². The van der Waals surface area contributed by atoms with E-state index in [4.69, 9.17) is 19.3 Å². The second-order valence-corrected chi connectivity index (χ2v) is 11.7. The normalized spacial score (nSPS) is 12.0. The van der Waals surface area contributed by atoms with E-state index in [0.29, 0.717) is 16.7 Å². The van der Waals surface area contributed by atoms with E-state index >= 15 is 0 Å². The highest BCUT2D eigenvalue weighted by Crippen LogP contribution is 2.59. The van der Waals surface area contributed by atoms with Crippen molar-refractivity contribution in [3.8, 4) is 5.75 Å². The first kappa shape index (κ1) is 31.6. The van der Waals surface area contributed by atoms with Gasteiger partial charge in [0.05, 0.1) is 0 Å². The van der Waals surface area contributed by atoms with Gasteiger partial charge in [0, 0.05) is 5.56 Å². The Hall–Kier alpha value is -4.37. The van der Waals surface area contributed by atoms with Crippen LogP contribution in [0.25, 0.3) is 0 Å². The molecule has 0 aliphatic rings. The second kappa shape index (κ2) is 13.3. The van der Waals surface area contributed by atoms with Crippen molar-refractivity contribution in [2.24, 2.45) is 5.41 Å². The standard InChI is InChI=1S/C32H29F2O8P/c33-32(34,43(38,39)40)27-15-11-23(12-16-27)19-31(20-24-13-17-28(35)18-14-24,29(36)41-21-25-7-3-1-4-8-25)30(37)42-22-26-9-5-2-6-10-26/h1-18,35H,19-22H2,(H2,38,39,40). The number of phenols is 1. The van der Waals surface area contributed by atoms with Gasteiger partial charge in [-0.2, -0.15) is 8.78 Å². The zero-order valence-electron chi connectivity index (χ0n) is 22.8. The number of aromatic hydroxyl groups is 1. The lowest BCUT2D eigenvalue weighted by molar-refractivity contribution is -0.174. The van der Waals surface area contributed by atoms with Crippen molar-refractivity contribution in [2.45, 2.75) is 31.7 Å². The minimum absolute atomic E-state index is 0.0331. The molecule has 0 amide bonds. The average molecular weight is 611 g/mol. The summed E-state index contributed by atoms with van der Waals surface area (Å²) in [6.07, 6.45) is -0.578. The molecule has 11 heteroatoms. The number of carbonyl (C=O) groups is 2. The molecule has 43 heavy (non-hydrogen) atoms. The first-order chi connectivity index (χ1) is 20.4. The number of phenolic OH excluding ortho intramolecular Hbond substituents is 1. The number of carbonyl (C=O) groups excluding carboxylic acids is 2. The number of benzene rings is 4. The molecule has 0 radical (unpaired) electrons. The Morgan fingerprint density at radius 3 is 1.42 bits per heavy atom. The van der Waals surface area contributed by atoms with Gasteiger partial charge in [-0.15, -0.1) is 0 Å². The highest BCUT2D eigenvalue weighted by molar-refractivity contribution is 7.52. The third-order valence-electron chi connectivity index (χ3n) is 6.82. The number of esters is 2. The quantitative estimate of drug-likeness (QED) is 0.103. The van der Waals surface area contributed by atoms with Crippen molar-refractivity contribution in [1.82, 2.24) is 0 Å². The molecule has 0 aliphatic carbocycles. The molecule has 4 aromatic rings. The number of alkyl halides is 2. The molecule has 0 fully saturated rings. The molecule has 0 saturated carbocycles. The Labute approximate surface area is 246 Å². The Kier molecular flexibility index (Phi) is 9.76. The average Bonchev–Trinajstić information content (AvgIpc) is 3.00. The van der Waals surface area contributed by atoms with Gasteiger partial charge >= 0.3 is 25.2 Å². The van der Waals surface area contributed by atoms with Crippen molar-refractivity contribution < 1.29 is 47.3 Å². The molecular weight excluding hydrogens is 581 g/mol. The summed E-state index contributed by atoms with van der Waals surface area (Å²) in [6.45, 7) is -0.313. The van der Waals surface area contributed by atoms with E-state index in [1.165, 1.54) is 36.4 Å². The van der Waals surface area contributed by atoms with E-state index in [2.05, 4.69) is 0 Å². The molecule has 0 heterocycles. The summed E-state index contributed by atoms with van der Waals surface area (Å²) in [6, 6.07) is 27.4. The van der Waals surface area contributed by atoms with Crippen LogP contribution in [0.3, 0.4) is 0 Å². The molecule has 0 atom stereocenters. The molecular formula is C32H29F2O8P. The summed E-state index contributed by atoms with van der Waals surface area (Å²) in [5.41, 5.74) is -5.32. The van der Waals surface area contributed by atoms with Gasteiger partial charge in [-0.1, -0.05) is 97.1 Å². The number of ether oxygens (including phenoxy) is 2. The third kappa shape index (κ3) is 7.73. The van der Waals surface area contributed by atoms with Gasteiger partial charge in [0.1, 0.15) is 19.0 Å². The van der Waals surface area contributed by atoms with Crippen LogP contribution >= 0.6 is 7.60 Å². The van der Waals surface area contributed by atoms with Crippen molar-refractivity contribution >= 4 is 19.5 Å². The van der Waals surface area contributed by atoms with E-state index < -0.39 is 36.2 Å². The maximum Gasteiger partial charge on any atom is 0.399 e.